The molecule has 1 heterocycles. The summed E-state index contributed by atoms with van der Waals surface area (Å²) < 4.78 is 4.95. The maximum atomic E-state index is 11.6. The highest BCUT2D eigenvalue weighted by atomic mass is 16.5. The van der Waals surface area contributed by atoms with Gasteiger partial charge in [-0.05, 0) is 23.8 Å². The highest BCUT2D eigenvalue weighted by molar-refractivity contribution is 5.89. The predicted octanol–water partition coefficient (Wildman–Crippen LogP) is 2.43. The summed E-state index contributed by atoms with van der Waals surface area (Å²) in [5.41, 5.74) is 1.55. The zero-order valence-electron chi connectivity index (χ0n) is 11.0. The van der Waals surface area contributed by atoms with Gasteiger partial charge in [-0.25, -0.2) is 14.8 Å². The summed E-state index contributed by atoms with van der Waals surface area (Å²) in [4.78, 5) is 19.7. The van der Waals surface area contributed by atoms with Crippen LogP contribution >= 0.6 is 0 Å². The van der Waals surface area contributed by atoms with Crippen LogP contribution in [0.15, 0.2) is 55.4 Å². The van der Waals surface area contributed by atoms with E-state index < -0.39 is 0 Å². The number of aromatic nitrogens is 2. The van der Waals surface area contributed by atoms with Gasteiger partial charge in [0, 0.05) is 18.9 Å². The molecule has 2 aromatic rings. The van der Waals surface area contributed by atoms with Crippen molar-refractivity contribution in [2.24, 2.45) is 0 Å². The summed E-state index contributed by atoms with van der Waals surface area (Å²) in [5.74, 6) is 0.220. The summed E-state index contributed by atoms with van der Waals surface area (Å²) in [6.07, 6.45) is 4.89. The average molecular weight is 269 g/mol. The molecule has 0 saturated heterocycles. The number of rotatable bonds is 6. The lowest BCUT2D eigenvalue weighted by Gasteiger charge is -2.06. The number of esters is 1. The van der Waals surface area contributed by atoms with Crippen molar-refractivity contribution in [3.8, 4) is 0 Å². The maximum absolute atomic E-state index is 11.6. The van der Waals surface area contributed by atoms with Gasteiger partial charge in [-0.15, -0.1) is 0 Å². The van der Waals surface area contributed by atoms with Crippen LogP contribution in [0.3, 0.4) is 0 Å². The second kappa shape index (κ2) is 7.04. The number of benzene rings is 1. The van der Waals surface area contributed by atoms with E-state index in [0.29, 0.717) is 18.1 Å². The van der Waals surface area contributed by atoms with Gasteiger partial charge < -0.3 is 10.1 Å². The first-order chi connectivity index (χ1) is 9.79. The van der Waals surface area contributed by atoms with E-state index in [2.05, 4.69) is 21.9 Å². The first-order valence-corrected chi connectivity index (χ1v) is 6.17. The molecule has 0 atom stereocenters. The summed E-state index contributed by atoms with van der Waals surface area (Å²) in [7, 11) is 0. The van der Waals surface area contributed by atoms with E-state index >= 15 is 0 Å². The van der Waals surface area contributed by atoms with E-state index in [1.807, 2.05) is 12.1 Å². The zero-order chi connectivity index (χ0) is 14.2. The van der Waals surface area contributed by atoms with Crippen molar-refractivity contribution in [3.63, 3.8) is 0 Å². The normalized spacial score (nSPS) is 9.80. The Morgan fingerprint density at radius 2 is 1.95 bits per heavy atom. The quantitative estimate of drug-likeness (QED) is 0.644. The van der Waals surface area contributed by atoms with Crippen LogP contribution in [0.4, 0.5) is 5.95 Å². The largest absolute Gasteiger partial charge is 0.458 e. The Labute approximate surface area is 117 Å². The van der Waals surface area contributed by atoms with Crippen LogP contribution in [-0.4, -0.2) is 22.5 Å². The van der Waals surface area contributed by atoms with Gasteiger partial charge >= 0.3 is 5.97 Å². The number of nitrogens with one attached hydrogen (secondary N) is 1. The third-order valence-corrected chi connectivity index (χ3v) is 2.54. The van der Waals surface area contributed by atoms with Gasteiger partial charge in [-0.1, -0.05) is 24.8 Å². The van der Waals surface area contributed by atoms with Crippen LogP contribution in [0.25, 0.3) is 0 Å². The molecule has 1 aromatic heterocycles. The first-order valence-electron chi connectivity index (χ1n) is 6.17. The Hall–Kier alpha value is -2.69. The van der Waals surface area contributed by atoms with Crippen molar-refractivity contribution in [3.05, 3.63) is 66.5 Å². The van der Waals surface area contributed by atoms with Crippen molar-refractivity contribution in [2.75, 3.05) is 11.9 Å². The van der Waals surface area contributed by atoms with Gasteiger partial charge in [-0.3, -0.25) is 0 Å². The second-order valence-corrected chi connectivity index (χ2v) is 4.01. The molecular weight excluding hydrogens is 254 g/mol. The van der Waals surface area contributed by atoms with Gasteiger partial charge in [0.25, 0.3) is 0 Å². The molecule has 0 aliphatic rings. The van der Waals surface area contributed by atoms with E-state index in [-0.39, 0.29) is 12.6 Å². The van der Waals surface area contributed by atoms with E-state index in [1.165, 1.54) is 6.08 Å². The van der Waals surface area contributed by atoms with Gasteiger partial charge in [0.1, 0.15) is 6.61 Å². The average Bonchev–Trinajstić information content (AvgIpc) is 2.52. The topological polar surface area (TPSA) is 64.1 Å². The minimum atomic E-state index is -0.351. The van der Waals surface area contributed by atoms with Crippen LogP contribution in [-0.2, 0) is 11.3 Å². The summed E-state index contributed by atoms with van der Waals surface area (Å²) >= 11 is 0. The Kier molecular flexibility index (Phi) is 4.83. The number of anilines is 1. The van der Waals surface area contributed by atoms with Crippen LogP contribution in [0, 0.1) is 0 Å². The maximum Gasteiger partial charge on any atom is 0.338 e. The molecule has 2 rings (SSSR count). The lowest BCUT2D eigenvalue weighted by molar-refractivity contribution is 0.0550. The molecule has 0 unspecified atom stereocenters. The van der Waals surface area contributed by atoms with E-state index in [9.17, 15) is 4.79 Å². The molecule has 0 bridgehead atoms. The van der Waals surface area contributed by atoms with E-state index in [4.69, 9.17) is 4.74 Å². The van der Waals surface area contributed by atoms with Gasteiger partial charge in [0.15, 0.2) is 0 Å². The molecule has 1 N–H and O–H groups in total. The number of ether oxygens (including phenoxy) is 1. The van der Waals surface area contributed by atoms with Crippen LogP contribution in [0.2, 0.25) is 0 Å². The van der Waals surface area contributed by atoms with E-state index in [1.54, 1.807) is 30.6 Å². The molecule has 5 heteroatoms. The molecule has 0 amide bonds. The Bertz CT molecular complexity index is 567. The number of hydrogen-bond acceptors (Lipinski definition) is 5. The molecule has 0 radical (unpaired) electrons. The molecule has 0 saturated carbocycles. The van der Waals surface area contributed by atoms with Crippen molar-refractivity contribution in [2.45, 2.75) is 6.54 Å². The van der Waals surface area contributed by atoms with Crippen molar-refractivity contribution in [1.82, 2.24) is 9.97 Å². The van der Waals surface area contributed by atoms with Gasteiger partial charge in [0.2, 0.25) is 5.95 Å². The van der Waals surface area contributed by atoms with Crippen LogP contribution in [0.1, 0.15) is 15.9 Å². The van der Waals surface area contributed by atoms with Crippen LogP contribution < -0.4 is 5.32 Å². The molecule has 0 aliphatic heterocycles. The molecule has 102 valence electrons. The molecular formula is C15H15N3O2. The van der Waals surface area contributed by atoms with Crippen molar-refractivity contribution < 1.29 is 9.53 Å². The Balaban J connectivity index is 1.91. The zero-order valence-corrected chi connectivity index (χ0v) is 11.0. The number of hydrogen-bond donors (Lipinski definition) is 1. The molecule has 1 aromatic carbocycles. The summed E-state index contributed by atoms with van der Waals surface area (Å²) in [5, 5.41) is 3.09. The fourth-order valence-corrected chi connectivity index (χ4v) is 1.55. The number of carbonyl (C=O) groups excluding carboxylic acids is 1. The second-order valence-electron chi connectivity index (χ2n) is 4.01. The lowest BCUT2D eigenvalue weighted by atomic mass is 10.1. The highest BCUT2D eigenvalue weighted by Gasteiger charge is 2.05. The Morgan fingerprint density at radius 3 is 2.60 bits per heavy atom. The molecule has 0 fully saturated rings. The number of nitrogens with zero attached hydrogens (tertiary/aromatic N) is 2. The standard InChI is InChI=1S/C15H15N3O2/c1-2-10-20-14(19)13-6-4-12(5-7-13)11-18-15-16-8-3-9-17-15/h2-9H,1,10-11H2,(H,16,17,18). The molecule has 20 heavy (non-hydrogen) atoms. The summed E-state index contributed by atoms with van der Waals surface area (Å²) in [6.45, 7) is 4.30. The summed E-state index contributed by atoms with van der Waals surface area (Å²) in [6, 6.07) is 8.94. The number of carbonyl (C=O) groups is 1. The lowest BCUT2D eigenvalue weighted by Crippen LogP contribution is -2.06. The Morgan fingerprint density at radius 1 is 1.25 bits per heavy atom. The minimum Gasteiger partial charge on any atom is -0.458 e. The molecule has 0 spiro atoms. The van der Waals surface area contributed by atoms with Crippen molar-refractivity contribution >= 4 is 11.9 Å². The predicted molar refractivity (Wildman–Crippen MR) is 76.3 cm³/mol. The SMILES string of the molecule is C=CCOC(=O)c1ccc(CNc2ncccn2)cc1. The van der Waals surface area contributed by atoms with E-state index in [0.717, 1.165) is 5.56 Å². The molecule has 5 nitrogen and oxygen atoms in total. The fraction of sp³-hybridized carbons (Fsp3) is 0.133. The van der Waals surface area contributed by atoms with Crippen molar-refractivity contribution in [1.29, 1.82) is 0 Å². The fourth-order valence-electron chi connectivity index (χ4n) is 1.55. The smallest absolute Gasteiger partial charge is 0.338 e. The third-order valence-electron chi connectivity index (χ3n) is 2.54. The molecule has 0 aliphatic carbocycles. The van der Waals surface area contributed by atoms with Gasteiger partial charge in [0.05, 0.1) is 5.56 Å². The van der Waals surface area contributed by atoms with Gasteiger partial charge in [-0.2, -0.15) is 0 Å². The monoisotopic (exact) mass is 269 g/mol. The minimum absolute atomic E-state index is 0.216. The third kappa shape index (κ3) is 3.91. The van der Waals surface area contributed by atoms with Crippen LogP contribution in [0.5, 0.6) is 0 Å². The first kappa shape index (κ1) is 13.7. The highest BCUT2D eigenvalue weighted by Crippen LogP contribution is 2.07.